The minimum Gasteiger partial charge on any atom is -0.419 e. The van der Waals surface area contributed by atoms with Gasteiger partial charge in [0.05, 0.1) is 12.1 Å². The van der Waals surface area contributed by atoms with Gasteiger partial charge in [-0.3, -0.25) is 9.78 Å². The molecule has 3 aromatic rings. The van der Waals surface area contributed by atoms with Crippen molar-refractivity contribution in [2.75, 3.05) is 0 Å². The molecule has 0 unspecified atom stereocenters. The van der Waals surface area contributed by atoms with Crippen molar-refractivity contribution in [1.29, 1.82) is 0 Å². The second-order valence-electron chi connectivity index (χ2n) is 4.55. The Morgan fingerprint density at radius 1 is 1.17 bits per heavy atom. The van der Waals surface area contributed by atoms with Gasteiger partial charge < -0.3 is 9.73 Å². The molecular formula is C15H10F2N4O2. The molecule has 0 spiro atoms. The molecule has 23 heavy (non-hydrogen) atoms. The first-order valence-electron chi connectivity index (χ1n) is 6.59. The molecule has 1 N–H and O–H groups in total. The SMILES string of the molecule is O=C(NCc1nnc(-c2cccnc2)o1)c1ccc(F)c(F)c1. The highest BCUT2D eigenvalue weighted by Crippen LogP contribution is 2.15. The first kappa shape index (κ1) is 14.8. The molecule has 0 radical (unpaired) electrons. The Bertz CT molecular complexity index is 837. The first-order valence-corrected chi connectivity index (χ1v) is 6.59. The molecule has 0 atom stereocenters. The minimum atomic E-state index is -1.09. The summed E-state index contributed by atoms with van der Waals surface area (Å²) >= 11 is 0. The van der Waals surface area contributed by atoms with Gasteiger partial charge in [-0.05, 0) is 30.3 Å². The number of amides is 1. The van der Waals surface area contributed by atoms with Crippen LogP contribution in [-0.4, -0.2) is 21.1 Å². The Labute approximate surface area is 129 Å². The monoisotopic (exact) mass is 316 g/mol. The standard InChI is InChI=1S/C15H10F2N4O2/c16-11-4-3-9(6-12(11)17)14(22)19-8-13-20-21-15(23-13)10-2-1-5-18-7-10/h1-7H,8H2,(H,19,22). The molecule has 8 heteroatoms. The van der Waals surface area contributed by atoms with Crippen molar-refractivity contribution in [2.45, 2.75) is 6.54 Å². The van der Waals surface area contributed by atoms with E-state index in [1.165, 1.54) is 6.07 Å². The van der Waals surface area contributed by atoms with Gasteiger partial charge in [0.25, 0.3) is 5.91 Å². The van der Waals surface area contributed by atoms with Crippen LogP contribution in [0.15, 0.2) is 47.1 Å². The van der Waals surface area contributed by atoms with Crippen LogP contribution in [0.1, 0.15) is 16.2 Å². The molecule has 2 heterocycles. The van der Waals surface area contributed by atoms with Crippen LogP contribution in [0.5, 0.6) is 0 Å². The molecule has 0 saturated carbocycles. The number of hydrogen-bond donors (Lipinski definition) is 1. The van der Waals surface area contributed by atoms with E-state index in [2.05, 4.69) is 20.5 Å². The van der Waals surface area contributed by atoms with Crippen molar-refractivity contribution in [1.82, 2.24) is 20.5 Å². The average molecular weight is 316 g/mol. The highest BCUT2D eigenvalue weighted by molar-refractivity contribution is 5.94. The van der Waals surface area contributed by atoms with Gasteiger partial charge in [-0.1, -0.05) is 0 Å². The number of rotatable bonds is 4. The molecule has 116 valence electrons. The third-order valence-electron chi connectivity index (χ3n) is 2.96. The summed E-state index contributed by atoms with van der Waals surface area (Å²) in [5.74, 6) is -2.23. The number of nitrogens with one attached hydrogen (secondary N) is 1. The molecule has 0 aliphatic heterocycles. The summed E-state index contributed by atoms with van der Waals surface area (Å²) in [6, 6.07) is 6.37. The average Bonchev–Trinajstić information content (AvgIpc) is 3.05. The lowest BCUT2D eigenvalue weighted by atomic mass is 10.2. The fourth-order valence-corrected chi connectivity index (χ4v) is 1.83. The first-order chi connectivity index (χ1) is 11.1. The Morgan fingerprint density at radius 3 is 2.78 bits per heavy atom. The van der Waals surface area contributed by atoms with Gasteiger partial charge in [-0.25, -0.2) is 8.78 Å². The van der Waals surface area contributed by atoms with E-state index >= 15 is 0 Å². The third kappa shape index (κ3) is 3.37. The smallest absolute Gasteiger partial charge is 0.251 e. The van der Waals surface area contributed by atoms with E-state index in [1.54, 1.807) is 24.5 Å². The highest BCUT2D eigenvalue weighted by atomic mass is 19.2. The van der Waals surface area contributed by atoms with E-state index in [1.807, 2.05) is 0 Å². The summed E-state index contributed by atoms with van der Waals surface area (Å²) < 4.78 is 31.3. The lowest BCUT2D eigenvalue weighted by molar-refractivity contribution is 0.0947. The van der Waals surface area contributed by atoms with Crippen molar-refractivity contribution < 1.29 is 18.0 Å². The minimum absolute atomic E-state index is 0.00380. The molecule has 6 nitrogen and oxygen atoms in total. The fourth-order valence-electron chi connectivity index (χ4n) is 1.83. The van der Waals surface area contributed by atoms with E-state index in [0.717, 1.165) is 12.1 Å². The van der Waals surface area contributed by atoms with Crippen molar-refractivity contribution in [3.63, 3.8) is 0 Å². The van der Waals surface area contributed by atoms with Crippen molar-refractivity contribution in [3.8, 4) is 11.5 Å². The molecule has 3 rings (SSSR count). The number of carbonyl (C=O) groups is 1. The molecule has 2 aromatic heterocycles. The molecule has 0 aliphatic carbocycles. The van der Waals surface area contributed by atoms with Crippen LogP contribution < -0.4 is 5.32 Å². The Morgan fingerprint density at radius 2 is 2.04 bits per heavy atom. The zero-order valence-electron chi connectivity index (χ0n) is 11.7. The van der Waals surface area contributed by atoms with Crippen LogP contribution >= 0.6 is 0 Å². The Hall–Kier alpha value is -3.16. The van der Waals surface area contributed by atoms with Crippen LogP contribution in [0.2, 0.25) is 0 Å². The van der Waals surface area contributed by atoms with Gasteiger partial charge in [0.2, 0.25) is 11.8 Å². The van der Waals surface area contributed by atoms with Crippen LogP contribution in [-0.2, 0) is 6.54 Å². The van der Waals surface area contributed by atoms with Crippen molar-refractivity contribution in [3.05, 3.63) is 65.8 Å². The Balaban J connectivity index is 1.65. The largest absolute Gasteiger partial charge is 0.419 e. The maximum Gasteiger partial charge on any atom is 0.251 e. The van der Waals surface area contributed by atoms with E-state index in [-0.39, 0.29) is 23.9 Å². The van der Waals surface area contributed by atoms with Gasteiger partial charge in [0, 0.05) is 18.0 Å². The summed E-state index contributed by atoms with van der Waals surface area (Å²) in [6.07, 6.45) is 3.18. The van der Waals surface area contributed by atoms with Crippen LogP contribution in [0, 0.1) is 11.6 Å². The predicted octanol–water partition coefficient (Wildman–Crippen LogP) is 2.34. The normalized spacial score (nSPS) is 10.5. The summed E-state index contributed by atoms with van der Waals surface area (Å²) in [5, 5.41) is 10.1. The Kier molecular flexibility index (Phi) is 4.05. The lowest BCUT2D eigenvalue weighted by Crippen LogP contribution is -2.23. The lowest BCUT2D eigenvalue weighted by Gasteiger charge is -2.03. The topological polar surface area (TPSA) is 80.9 Å². The van der Waals surface area contributed by atoms with Crippen molar-refractivity contribution in [2.24, 2.45) is 0 Å². The molecular weight excluding hydrogens is 306 g/mol. The zero-order chi connectivity index (χ0) is 16.2. The van der Waals surface area contributed by atoms with E-state index in [0.29, 0.717) is 5.56 Å². The van der Waals surface area contributed by atoms with Crippen molar-refractivity contribution >= 4 is 5.91 Å². The summed E-state index contributed by atoms with van der Waals surface area (Å²) in [6.45, 7) is -0.0366. The number of benzene rings is 1. The molecule has 0 bridgehead atoms. The summed E-state index contributed by atoms with van der Waals surface area (Å²) in [7, 11) is 0. The second-order valence-corrected chi connectivity index (χ2v) is 4.55. The number of pyridine rings is 1. The second kappa shape index (κ2) is 6.30. The zero-order valence-corrected chi connectivity index (χ0v) is 11.7. The van der Waals surface area contributed by atoms with E-state index < -0.39 is 17.5 Å². The van der Waals surface area contributed by atoms with Gasteiger partial charge in [0.15, 0.2) is 11.6 Å². The number of carbonyl (C=O) groups excluding carboxylic acids is 1. The molecule has 0 fully saturated rings. The fraction of sp³-hybridized carbons (Fsp3) is 0.0667. The third-order valence-corrected chi connectivity index (χ3v) is 2.96. The quantitative estimate of drug-likeness (QED) is 0.799. The summed E-state index contributed by atoms with van der Waals surface area (Å²) in [5.41, 5.74) is 0.647. The van der Waals surface area contributed by atoms with Gasteiger partial charge in [-0.15, -0.1) is 10.2 Å². The van der Waals surface area contributed by atoms with Crippen LogP contribution in [0.25, 0.3) is 11.5 Å². The molecule has 1 aromatic carbocycles. The predicted molar refractivity (Wildman–Crippen MR) is 75.1 cm³/mol. The number of aromatic nitrogens is 3. The number of hydrogen-bond acceptors (Lipinski definition) is 5. The van der Waals surface area contributed by atoms with Crippen LogP contribution in [0.4, 0.5) is 8.78 Å². The number of halogens is 2. The van der Waals surface area contributed by atoms with Gasteiger partial charge in [0.1, 0.15) is 0 Å². The molecule has 1 amide bonds. The maximum absolute atomic E-state index is 13.1. The van der Waals surface area contributed by atoms with Crippen LogP contribution in [0.3, 0.4) is 0 Å². The van der Waals surface area contributed by atoms with E-state index in [9.17, 15) is 13.6 Å². The molecule has 0 saturated heterocycles. The summed E-state index contributed by atoms with van der Waals surface area (Å²) in [4.78, 5) is 15.8. The van der Waals surface area contributed by atoms with Gasteiger partial charge in [-0.2, -0.15) is 0 Å². The number of nitrogens with zero attached hydrogens (tertiary/aromatic N) is 3. The van der Waals surface area contributed by atoms with E-state index in [4.69, 9.17) is 4.42 Å². The van der Waals surface area contributed by atoms with Gasteiger partial charge >= 0.3 is 0 Å². The maximum atomic E-state index is 13.1. The molecule has 0 aliphatic rings. The highest BCUT2D eigenvalue weighted by Gasteiger charge is 2.12.